The van der Waals surface area contributed by atoms with Gasteiger partial charge in [0, 0.05) is 5.56 Å². The summed E-state index contributed by atoms with van der Waals surface area (Å²) >= 11 is 0. The van der Waals surface area contributed by atoms with Crippen LogP contribution in [-0.2, 0) is 6.54 Å². The van der Waals surface area contributed by atoms with E-state index in [1.54, 1.807) is 0 Å². The molecule has 0 radical (unpaired) electrons. The second-order valence-corrected chi connectivity index (χ2v) is 3.98. The lowest BCUT2D eigenvalue weighted by Crippen LogP contribution is -3.00. The minimum atomic E-state index is 0. The maximum Gasteiger partial charge on any atom is 0.140 e. The van der Waals surface area contributed by atoms with E-state index in [2.05, 4.69) is 50.1 Å². The molecule has 1 nitrogen and oxygen atoms in total. The highest BCUT2D eigenvalue weighted by Gasteiger charge is 2.21. The van der Waals surface area contributed by atoms with Gasteiger partial charge in [-0.15, -0.1) is 6.42 Å². The van der Waals surface area contributed by atoms with Gasteiger partial charge >= 0.3 is 0 Å². The molecule has 0 saturated carbocycles. The highest BCUT2D eigenvalue weighted by atomic mass is 79.9. The molecule has 0 spiro atoms. The van der Waals surface area contributed by atoms with Crippen LogP contribution in [0.15, 0.2) is 30.3 Å². The molecule has 0 aromatic heterocycles. The Bertz CT molecular complexity index is 322. The lowest BCUT2D eigenvalue weighted by atomic mass is 10.2. The summed E-state index contributed by atoms with van der Waals surface area (Å²) in [5.41, 5.74) is 1.37. The van der Waals surface area contributed by atoms with Gasteiger partial charge in [0.05, 0.1) is 13.1 Å². The molecule has 0 unspecified atom stereocenters. The minimum absolute atomic E-state index is 0. The monoisotopic (exact) mass is 281 g/mol. The summed E-state index contributed by atoms with van der Waals surface area (Å²) < 4.78 is 0.987. The predicted octanol–water partition coefficient (Wildman–Crippen LogP) is -0.320. The van der Waals surface area contributed by atoms with Crippen LogP contribution < -0.4 is 17.0 Å². The van der Waals surface area contributed by atoms with Crippen molar-refractivity contribution in [2.45, 2.75) is 20.4 Å². The summed E-state index contributed by atoms with van der Waals surface area (Å²) in [5, 5.41) is 0. The van der Waals surface area contributed by atoms with Gasteiger partial charge in [0.1, 0.15) is 13.1 Å². The molecule has 0 aliphatic carbocycles. The summed E-state index contributed by atoms with van der Waals surface area (Å²) in [6.45, 7) is 8.47. The number of benzene rings is 1. The molecule has 16 heavy (non-hydrogen) atoms. The van der Waals surface area contributed by atoms with Gasteiger partial charge in [-0.05, 0) is 19.8 Å². The Kier molecular flexibility index (Phi) is 7.12. The maximum atomic E-state index is 5.45. The van der Waals surface area contributed by atoms with Crippen molar-refractivity contribution < 1.29 is 21.5 Å². The van der Waals surface area contributed by atoms with Crippen LogP contribution in [0.2, 0.25) is 0 Å². The van der Waals surface area contributed by atoms with E-state index < -0.39 is 0 Å². The molecule has 0 atom stereocenters. The lowest BCUT2D eigenvalue weighted by Gasteiger charge is -2.35. The molecule has 0 aliphatic rings. The van der Waals surface area contributed by atoms with Crippen molar-refractivity contribution >= 4 is 0 Å². The highest BCUT2D eigenvalue weighted by Crippen LogP contribution is 2.13. The quantitative estimate of drug-likeness (QED) is 0.513. The van der Waals surface area contributed by atoms with Crippen LogP contribution in [0.1, 0.15) is 19.4 Å². The Labute approximate surface area is 110 Å². The molecule has 0 N–H and O–H groups in total. The molecule has 0 aliphatic heterocycles. The van der Waals surface area contributed by atoms with Crippen LogP contribution in [0.4, 0.5) is 0 Å². The topological polar surface area (TPSA) is 0 Å². The van der Waals surface area contributed by atoms with E-state index in [9.17, 15) is 0 Å². The molecule has 0 saturated heterocycles. The van der Waals surface area contributed by atoms with Crippen molar-refractivity contribution in [3.8, 4) is 12.3 Å². The number of nitrogens with zero attached hydrogens (tertiary/aromatic N) is 1. The standard InChI is InChI=1S/C14H20N.BrH/c1-4-12-15(5-2,6-3)13-14-10-8-7-9-11-14;/h1,7-11H,5-6,12-13H2,2-3H3;1H/q+1;/p-1. The number of quaternary nitrogens is 1. The molecule has 88 valence electrons. The zero-order valence-corrected chi connectivity index (χ0v) is 11.7. The summed E-state index contributed by atoms with van der Waals surface area (Å²) in [6, 6.07) is 10.6. The Morgan fingerprint density at radius 3 is 2.12 bits per heavy atom. The zero-order chi connectivity index (χ0) is 11.1. The fourth-order valence-corrected chi connectivity index (χ4v) is 1.89. The van der Waals surface area contributed by atoms with Crippen molar-refractivity contribution in [2.75, 3.05) is 19.6 Å². The third-order valence-corrected chi connectivity index (χ3v) is 3.13. The maximum absolute atomic E-state index is 5.45. The molecule has 1 aromatic rings. The number of hydrogen-bond acceptors (Lipinski definition) is 0. The molecular weight excluding hydrogens is 262 g/mol. The van der Waals surface area contributed by atoms with E-state index in [-0.39, 0.29) is 17.0 Å². The average Bonchev–Trinajstić information content (AvgIpc) is 2.30. The Morgan fingerprint density at radius 2 is 1.69 bits per heavy atom. The largest absolute Gasteiger partial charge is 1.00 e. The molecule has 0 heterocycles. The van der Waals surface area contributed by atoms with Crippen molar-refractivity contribution in [3.05, 3.63) is 35.9 Å². The van der Waals surface area contributed by atoms with E-state index in [0.717, 1.165) is 30.7 Å². The fraction of sp³-hybridized carbons (Fsp3) is 0.429. The Morgan fingerprint density at radius 1 is 1.12 bits per heavy atom. The predicted molar refractivity (Wildman–Crippen MR) is 65.2 cm³/mol. The van der Waals surface area contributed by atoms with E-state index in [1.165, 1.54) is 5.56 Å². The van der Waals surface area contributed by atoms with Crippen LogP contribution in [0.3, 0.4) is 0 Å². The first kappa shape index (κ1) is 15.2. The summed E-state index contributed by atoms with van der Waals surface area (Å²) in [6.07, 6.45) is 5.45. The lowest BCUT2D eigenvalue weighted by molar-refractivity contribution is -0.931. The van der Waals surface area contributed by atoms with Gasteiger partial charge in [0.15, 0.2) is 0 Å². The second-order valence-electron chi connectivity index (χ2n) is 3.98. The van der Waals surface area contributed by atoms with Gasteiger partial charge in [-0.3, -0.25) is 0 Å². The Hall–Kier alpha value is -0.780. The van der Waals surface area contributed by atoms with Crippen LogP contribution >= 0.6 is 0 Å². The fourth-order valence-electron chi connectivity index (χ4n) is 1.89. The van der Waals surface area contributed by atoms with E-state index in [4.69, 9.17) is 6.42 Å². The van der Waals surface area contributed by atoms with Gasteiger partial charge < -0.3 is 21.5 Å². The molecule has 0 amide bonds. The summed E-state index contributed by atoms with van der Waals surface area (Å²) in [5.74, 6) is 2.80. The minimum Gasteiger partial charge on any atom is -1.00 e. The van der Waals surface area contributed by atoms with Crippen LogP contribution in [0.25, 0.3) is 0 Å². The average molecular weight is 282 g/mol. The second kappa shape index (κ2) is 7.49. The van der Waals surface area contributed by atoms with Crippen LogP contribution in [0, 0.1) is 12.3 Å². The SMILES string of the molecule is C#CC[N+](CC)(CC)Cc1ccccc1.[Br-]. The first-order valence-electron chi connectivity index (χ1n) is 5.59. The highest BCUT2D eigenvalue weighted by molar-refractivity contribution is 5.13. The van der Waals surface area contributed by atoms with Gasteiger partial charge in [-0.2, -0.15) is 0 Å². The van der Waals surface area contributed by atoms with Gasteiger partial charge in [0.2, 0.25) is 0 Å². The molecule has 2 heteroatoms. The third kappa shape index (κ3) is 4.00. The zero-order valence-electron chi connectivity index (χ0n) is 10.1. The number of rotatable bonds is 5. The van der Waals surface area contributed by atoms with Crippen LogP contribution in [-0.4, -0.2) is 24.1 Å². The molecule has 1 aromatic carbocycles. The van der Waals surface area contributed by atoms with Gasteiger partial charge in [-0.1, -0.05) is 30.3 Å². The van der Waals surface area contributed by atoms with E-state index >= 15 is 0 Å². The van der Waals surface area contributed by atoms with Crippen molar-refractivity contribution in [2.24, 2.45) is 0 Å². The summed E-state index contributed by atoms with van der Waals surface area (Å²) in [4.78, 5) is 0. The normalized spacial score (nSPS) is 10.3. The molecule has 1 rings (SSSR count). The first-order valence-corrected chi connectivity index (χ1v) is 5.59. The van der Waals surface area contributed by atoms with Gasteiger partial charge in [-0.25, -0.2) is 0 Å². The van der Waals surface area contributed by atoms with Crippen molar-refractivity contribution in [1.29, 1.82) is 0 Å². The van der Waals surface area contributed by atoms with Crippen molar-refractivity contribution in [3.63, 3.8) is 0 Å². The number of terminal acetylenes is 1. The van der Waals surface area contributed by atoms with E-state index in [1.807, 2.05) is 0 Å². The molecular formula is C14H20BrN. The third-order valence-electron chi connectivity index (χ3n) is 3.13. The number of halogens is 1. The smallest absolute Gasteiger partial charge is 0.140 e. The van der Waals surface area contributed by atoms with E-state index in [0.29, 0.717) is 0 Å². The van der Waals surface area contributed by atoms with Crippen molar-refractivity contribution in [1.82, 2.24) is 0 Å². The van der Waals surface area contributed by atoms with Gasteiger partial charge in [0.25, 0.3) is 0 Å². The molecule has 0 bridgehead atoms. The first-order chi connectivity index (χ1) is 7.26. The van der Waals surface area contributed by atoms with Crippen LogP contribution in [0.5, 0.6) is 0 Å². The molecule has 0 fully saturated rings. The summed E-state index contributed by atoms with van der Waals surface area (Å²) in [7, 11) is 0. The Balaban J connectivity index is 0.00000225. The number of hydrogen-bond donors (Lipinski definition) is 0.